The number of benzene rings is 1. The first-order chi connectivity index (χ1) is 11.2. The smallest absolute Gasteiger partial charge is 0.331 e. The van der Waals surface area contributed by atoms with Crippen molar-refractivity contribution in [1.29, 1.82) is 0 Å². The lowest BCUT2D eigenvalue weighted by molar-refractivity contribution is -0.144. The Labute approximate surface area is 149 Å². The molecule has 0 bridgehead atoms. The van der Waals surface area contributed by atoms with Gasteiger partial charge >= 0.3 is 5.97 Å². The quantitative estimate of drug-likeness (QED) is 0.583. The summed E-state index contributed by atoms with van der Waals surface area (Å²) in [5, 5.41) is 2.62. The van der Waals surface area contributed by atoms with E-state index in [0.29, 0.717) is 6.42 Å². The van der Waals surface area contributed by atoms with Crippen molar-refractivity contribution in [2.45, 2.75) is 18.9 Å². The topological polar surface area (TPSA) is 89.5 Å². The van der Waals surface area contributed by atoms with Crippen LogP contribution in [0.3, 0.4) is 0 Å². The van der Waals surface area contributed by atoms with Gasteiger partial charge in [0.05, 0.1) is 17.0 Å². The summed E-state index contributed by atoms with van der Waals surface area (Å²) in [6, 6.07) is 7.35. The first-order valence-corrected chi connectivity index (χ1v) is 9.91. The van der Waals surface area contributed by atoms with E-state index < -0.39 is 33.9 Å². The SMILES string of the molecule is C[C@]1(NC(=O)COC(=O)/C=C/c2ccccc2Br)CCS(=O)(=O)C1. The lowest BCUT2D eigenvalue weighted by atomic mass is 10.0. The van der Waals surface area contributed by atoms with Gasteiger partial charge in [0, 0.05) is 10.5 Å². The van der Waals surface area contributed by atoms with Gasteiger partial charge in [-0.15, -0.1) is 0 Å². The van der Waals surface area contributed by atoms with Gasteiger partial charge in [-0.25, -0.2) is 13.2 Å². The number of sulfone groups is 1. The Bertz CT molecular complexity index is 774. The molecular weight excluding hydrogens is 398 g/mol. The number of hydrogen-bond donors (Lipinski definition) is 1. The second-order valence-corrected chi connectivity index (χ2v) is 8.95. The van der Waals surface area contributed by atoms with Gasteiger partial charge in [-0.3, -0.25) is 4.79 Å². The van der Waals surface area contributed by atoms with E-state index in [1.165, 1.54) is 6.08 Å². The number of carbonyl (C=O) groups excluding carboxylic acids is 2. The second-order valence-electron chi connectivity index (χ2n) is 5.91. The summed E-state index contributed by atoms with van der Waals surface area (Å²) in [6.45, 7) is 1.22. The third-order valence-electron chi connectivity index (χ3n) is 3.59. The Morgan fingerprint density at radius 1 is 1.38 bits per heavy atom. The first kappa shape index (κ1) is 18.7. The van der Waals surface area contributed by atoms with Gasteiger partial charge < -0.3 is 10.1 Å². The Hall–Kier alpha value is -1.67. The molecule has 8 heteroatoms. The van der Waals surface area contributed by atoms with E-state index in [1.807, 2.05) is 24.3 Å². The van der Waals surface area contributed by atoms with Crippen LogP contribution in [-0.4, -0.2) is 43.9 Å². The van der Waals surface area contributed by atoms with Gasteiger partial charge in [-0.1, -0.05) is 34.1 Å². The predicted octanol–water partition coefficient (Wildman–Crippen LogP) is 1.70. The molecule has 1 saturated heterocycles. The maximum absolute atomic E-state index is 11.8. The van der Waals surface area contributed by atoms with Crippen LogP contribution in [0.5, 0.6) is 0 Å². The number of ether oxygens (including phenoxy) is 1. The molecule has 1 amide bonds. The molecule has 6 nitrogen and oxygen atoms in total. The number of nitrogens with one attached hydrogen (secondary N) is 1. The lowest BCUT2D eigenvalue weighted by Crippen LogP contribution is -2.48. The minimum absolute atomic E-state index is 0.0538. The van der Waals surface area contributed by atoms with Crippen molar-refractivity contribution in [1.82, 2.24) is 5.32 Å². The molecule has 0 spiro atoms. The highest BCUT2D eigenvalue weighted by Gasteiger charge is 2.39. The van der Waals surface area contributed by atoms with E-state index in [9.17, 15) is 18.0 Å². The molecule has 1 heterocycles. The van der Waals surface area contributed by atoms with Crippen LogP contribution in [0.25, 0.3) is 6.08 Å². The highest BCUT2D eigenvalue weighted by Crippen LogP contribution is 2.22. The zero-order valence-electron chi connectivity index (χ0n) is 13.1. The molecule has 1 atom stereocenters. The zero-order valence-corrected chi connectivity index (χ0v) is 15.5. The third kappa shape index (κ3) is 5.45. The molecule has 1 fully saturated rings. The van der Waals surface area contributed by atoms with Crippen LogP contribution < -0.4 is 5.32 Å². The van der Waals surface area contributed by atoms with Crippen molar-refractivity contribution in [3.8, 4) is 0 Å². The fourth-order valence-corrected chi connectivity index (χ4v) is 4.94. The highest BCUT2D eigenvalue weighted by molar-refractivity contribution is 9.10. The predicted molar refractivity (Wildman–Crippen MR) is 94.0 cm³/mol. The number of hydrogen-bond acceptors (Lipinski definition) is 5. The molecule has 0 saturated carbocycles. The van der Waals surface area contributed by atoms with Crippen molar-refractivity contribution in [3.63, 3.8) is 0 Å². The van der Waals surface area contributed by atoms with Crippen LogP contribution in [-0.2, 0) is 24.2 Å². The Kier molecular flexibility index (Phi) is 5.82. The molecule has 1 N–H and O–H groups in total. The molecule has 0 unspecified atom stereocenters. The van der Waals surface area contributed by atoms with Gasteiger partial charge in [0.25, 0.3) is 5.91 Å². The Balaban J connectivity index is 1.82. The van der Waals surface area contributed by atoms with Crippen LogP contribution >= 0.6 is 15.9 Å². The van der Waals surface area contributed by atoms with Gasteiger partial charge in [-0.05, 0) is 31.1 Å². The Morgan fingerprint density at radius 3 is 2.71 bits per heavy atom. The molecule has 2 rings (SSSR count). The number of halogens is 1. The van der Waals surface area contributed by atoms with Crippen LogP contribution in [0.15, 0.2) is 34.8 Å². The minimum Gasteiger partial charge on any atom is -0.452 e. The molecule has 1 aromatic carbocycles. The summed E-state index contributed by atoms with van der Waals surface area (Å²) < 4.78 is 28.7. The average Bonchev–Trinajstić information content (AvgIpc) is 2.77. The summed E-state index contributed by atoms with van der Waals surface area (Å²) in [7, 11) is -3.11. The molecule has 1 aromatic rings. The molecule has 1 aliphatic heterocycles. The van der Waals surface area contributed by atoms with Gasteiger partial charge in [0.2, 0.25) is 0 Å². The van der Waals surface area contributed by atoms with Crippen molar-refractivity contribution in [2.75, 3.05) is 18.1 Å². The third-order valence-corrected chi connectivity index (χ3v) is 6.22. The van der Waals surface area contributed by atoms with Gasteiger partial charge in [0.1, 0.15) is 0 Å². The summed E-state index contributed by atoms with van der Waals surface area (Å²) in [5.74, 6) is -1.21. The highest BCUT2D eigenvalue weighted by atomic mass is 79.9. The van der Waals surface area contributed by atoms with Crippen LogP contribution in [0, 0.1) is 0 Å². The molecule has 1 aliphatic rings. The van der Waals surface area contributed by atoms with Crippen molar-refractivity contribution >= 4 is 43.7 Å². The largest absolute Gasteiger partial charge is 0.452 e. The summed E-state index contributed by atoms with van der Waals surface area (Å²) in [5.41, 5.74) is 0.00939. The molecule has 0 radical (unpaired) electrons. The number of rotatable bonds is 5. The monoisotopic (exact) mass is 415 g/mol. The van der Waals surface area contributed by atoms with E-state index in [4.69, 9.17) is 4.74 Å². The molecule has 0 aliphatic carbocycles. The van der Waals surface area contributed by atoms with E-state index >= 15 is 0 Å². The number of carbonyl (C=O) groups is 2. The van der Waals surface area contributed by atoms with Crippen LogP contribution in [0.4, 0.5) is 0 Å². The van der Waals surface area contributed by atoms with Gasteiger partial charge in [-0.2, -0.15) is 0 Å². The van der Waals surface area contributed by atoms with Crippen molar-refractivity contribution < 1.29 is 22.7 Å². The van der Waals surface area contributed by atoms with Crippen LogP contribution in [0.1, 0.15) is 18.9 Å². The molecule has 130 valence electrons. The van der Waals surface area contributed by atoms with E-state index in [-0.39, 0.29) is 11.5 Å². The maximum Gasteiger partial charge on any atom is 0.331 e. The number of amides is 1. The molecule has 24 heavy (non-hydrogen) atoms. The normalized spacial score (nSPS) is 22.4. The van der Waals surface area contributed by atoms with Crippen LogP contribution in [0.2, 0.25) is 0 Å². The van der Waals surface area contributed by atoms with Gasteiger partial charge in [0.15, 0.2) is 16.4 Å². The minimum atomic E-state index is -3.11. The van der Waals surface area contributed by atoms with E-state index in [1.54, 1.807) is 13.0 Å². The summed E-state index contributed by atoms with van der Waals surface area (Å²) >= 11 is 3.36. The molecule has 0 aromatic heterocycles. The maximum atomic E-state index is 11.8. The lowest BCUT2D eigenvalue weighted by Gasteiger charge is -2.23. The fraction of sp³-hybridized carbons (Fsp3) is 0.375. The molecular formula is C16H18BrNO5S. The second kappa shape index (κ2) is 7.48. The van der Waals surface area contributed by atoms with E-state index in [0.717, 1.165) is 10.0 Å². The number of esters is 1. The Morgan fingerprint density at radius 2 is 2.08 bits per heavy atom. The first-order valence-electron chi connectivity index (χ1n) is 7.30. The standard InChI is InChI=1S/C16H18BrNO5S/c1-16(8-9-24(21,22)11-16)18-14(19)10-23-15(20)7-6-12-4-2-3-5-13(12)17/h2-7H,8-11H2,1H3,(H,18,19)/b7-6+/t16-/m0/s1. The average molecular weight is 416 g/mol. The zero-order chi connectivity index (χ0) is 17.8. The van der Waals surface area contributed by atoms with Crippen molar-refractivity contribution in [2.24, 2.45) is 0 Å². The summed E-state index contributed by atoms with van der Waals surface area (Å²) in [6.07, 6.45) is 3.17. The summed E-state index contributed by atoms with van der Waals surface area (Å²) in [4.78, 5) is 23.5. The van der Waals surface area contributed by atoms with E-state index in [2.05, 4.69) is 21.2 Å². The fourth-order valence-electron chi connectivity index (χ4n) is 2.43. The van der Waals surface area contributed by atoms with Crippen molar-refractivity contribution in [3.05, 3.63) is 40.4 Å².